The number of fused-ring (bicyclic) bond motifs is 1. The first-order chi connectivity index (χ1) is 15.5. The fourth-order valence-corrected chi connectivity index (χ4v) is 5.22. The molecule has 32 heavy (non-hydrogen) atoms. The summed E-state index contributed by atoms with van der Waals surface area (Å²) in [4.78, 5) is 4.13. The van der Waals surface area contributed by atoms with E-state index < -0.39 is 29.4 Å². The molecule has 0 amide bonds. The zero-order valence-electron chi connectivity index (χ0n) is 17.5. The van der Waals surface area contributed by atoms with Gasteiger partial charge in [0, 0.05) is 23.6 Å². The predicted octanol–water partition coefficient (Wildman–Crippen LogP) is 4.35. The van der Waals surface area contributed by atoms with Crippen LogP contribution < -0.4 is 4.72 Å². The number of hydrogen-bond acceptors (Lipinski definition) is 4. The Hall–Kier alpha value is -2.83. The highest BCUT2D eigenvalue weighted by molar-refractivity contribution is 7.89. The highest BCUT2D eigenvalue weighted by Gasteiger charge is 2.24. The molecule has 1 saturated carbocycles. The Labute approximate surface area is 185 Å². The Morgan fingerprint density at radius 2 is 1.94 bits per heavy atom. The molecule has 0 unspecified atom stereocenters. The van der Waals surface area contributed by atoms with Gasteiger partial charge in [0.25, 0.3) is 0 Å². The minimum atomic E-state index is -4.11. The number of nitriles is 1. The number of rotatable bonds is 9. The van der Waals surface area contributed by atoms with Crippen molar-refractivity contribution in [1.82, 2.24) is 14.3 Å². The van der Waals surface area contributed by atoms with Crippen LogP contribution in [0.25, 0.3) is 22.3 Å². The van der Waals surface area contributed by atoms with E-state index in [0.717, 1.165) is 30.1 Å². The monoisotopic (exact) mass is 458 g/mol. The van der Waals surface area contributed by atoms with Crippen molar-refractivity contribution in [3.8, 4) is 17.5 Å². The molecule has 1 fully saturated rings. The van der Waals surface area contributed by atoms with Gasteiger partial charge in [0.1, 0.15) is 24.3 Å². The Bertz CT molecular complexity index is 1240. The summed E-state index contributed by atoms with van der Waals surface area (Å²) >= 11 is 0. The summed E-state index contributed by atoms with van der Waals surface area (Å²) in [6.07, 6.45) is 5.85. The number of nitrogens with zero attached hydrogens (tertiary/aromatic N) is 3. The highest BCUT2D eigenvalue weighted by Crippen LogP contribution is 2.35. The summed E-state index contributed by atoms with van der Waals surface area (Å²) in [5.41, 5.74) is 2.55. The molecule has 3 aromatic rings. The van der Waals surface area contributed by atoms with Gasteiger partial charge in [-0.1, -0.05) is 37.5 Å². The lowest BCUT2D eigenvalue weighted by molar-refractivity contribution is 0.284. The lowest BCUT2D eigenvalue weighted by atomic mass is 9.83. The number of aryl methyl sites for hydroxylation is 1. The first-order valence-corrected chi connectivity index (χ1v) is 12.1. The fourth-order valence-electron chi connectivity index (χ4n) is 4.08. The second-order valence-corrected chi connectivity index (χ2v) is 9.81. The Balaban J connectivity index is 1.73. The second kappa shape index (κ2) is 9.35. The van der Waals surface area contributed by atoms with Gasteiger partial charge in [0.2, 0.25) is 10.0 Å². The molecule has 0 saturated heterocycles. The number of hydrogen-bond donors (Lipinski definition) is 1. The molecule has 0 bridgehead atoms. The molecule has 1 N–H and O–H groups in total. The number of aromatic nitrogens is 2. The molecule has 4 rings (SSSR count). The van der Waals surface area contributed by atoms with E-state index in [-0.39, 0.29) is 4.90 Å². The molecule has 168 valence electrons. The van der Waals surface area contributed by atoms with Crippen molar-refractivity contribution in [2.24, 2.45) is 5.92 Å². The average Bonchev–Trinajstić information content (AvgIpc) is 3.10. The van der Waals surface area contributed by atoms with Crippen molar-refractivity contribution in [1.29, 1.82) is 5.26 Å². The van der Waals surface area contributed by atoms with Crippen molar-refractivity contribution < 1.29 is 17.2 Å². The van der Waals surface area contributed by atoms with Crippen molar-refractivity contribution >= 4 is 20.9 Å². The van der Waals surface area contributed by atoms with E-state index >= 15 is 0 Å². The number of benzene rings is 1. The Morgan fingerprint density at radius 1 is 1.19 bits per heavy atom. The third kappa shape index (κ3) is 4.25. The molecular weight excluding hydrogens is 434 g/mol. The minimum absolute atomic E-state index is 0.191. The van der Waals surface area contributed by atoms with Crippen molar-refractivity contribution in [2.75, 3.05) is 13.3 Å². The van der Waals surface area contributed by atoms with Gasteiger partial charge >= 0.3 is 0 Å². The summed E-state index contributed by atoms with van der Waals surface area (Å²) in [7, 11) is -4.11. The molecule has 0 aliphatic heterocycles. The van der Waals surface area contributed by atoms with Gasteiger partial charge in [-0.2, -0.15) is 5.26 Å². The zero-order valence-corrected chi connectivity index (χ0v) is 18.3. The van der Waals surface area contributed by atoms with E-state index in [1.54, 1.807) is 0 Å². The van der Waals surface area contributed by atoms with Gasteiger partial charge in [-0.25, -0.2) is 21.9 Å². The van der Waals surface area contributed by atoms with Crippen LogP contribution in [0.4, 0.5) is 8.78 Å². The number of pyridine rings is 1. The average molecular weight is 459 g/mol. The van der Waals surface area contributed by atoms with Gasteiger partial charge in [-0.15, -0.1) is 0 Å². The maximum Gasteiger partial charge on any atom is 0.242 e. The smallest absolute Gasteiger partial charge is 0.242 e. The minimum Gasteiger partial charge on any atom is -0.338 e. The number of sulfonamides is 1. The normalized spacial score (nSPS) is 14.6. The molecule has 9 heteroatoms. The Morgan fingerprint density at radius 3 is 2.53 bits per heavy atom. The standard InChI is InChI=1S/C23H24F2N4O2S/c24-12-17(13-25)28-32(30,31)18-8-9-21(27-15-18)23-20(14-26)19-6-1-2-7-22(19)29(23)11-10-16-4-3-5-16/h1-2,6-9,15-17,28H,3-5,10-13H2. The molecule has 1 aliphatic rings. The van der Waals surface area contributed by atoms with Crippen LogP contribution in [0.2, 0.25) is 0 Å². The second-order valence-electron chi connectivity index (χ2n) is 8.10. The van der Waals surface area contributed by atoms with Crippen LogP contribution in [-0.2, 0) is 16.6 Å². The molecular formula is C23H24F2N4O2S. The van der Waals surface area contributed by atoms with Crippen LogP contribution in [0, 0.1) is 17.2 Å². The molecule has 0 spiro atoms. The van der Waals surface area contributed by atoms with Crippen LogP contribution in [0.3, 0.4) is 0 Å². The number of para-hydroxylation sites is 1. The summed E-state index contributed by atoms with van der Waals surface area (Å²) in [6, 6.07) is 11.4. The fraction of sp³-hybridized carbons (Fsp3) is 0.391. The van der Waals surface area contributed by atoms with E-state index in [2.05, 4.69) is 15.6 Å². The molecule has 0 atom stereocenters. The van der Waals surface area contributed by atoms with Crippen LogP contribution in [0.5, 0.6) is 0 Å². The van der Waals surface area contributed by atoms with E-state index in [9.17, 15) is 22.5 Å². The SMILES string of the molecule is N#Cc1c(-c2ccc(S(=O)(=O)NC(CF)CF)cn2)n(CCC2CCC2)c2ccccc12. The summed E-state index contributed by atoms with van der Waals surface area (Å²) in [6.45, 7) is -1.55. The van der Waals surface area contributed by atoms with E-state index in [1.165, 1.54) is 31.4 Å². The first-order valence-electron chi connectivity index (χ1n) is 10.6. The molecule has 2 aromatic heterocycles. The van der Waals surface area contributed by atoms with Crippen LogP contribution in [0.15, 0.2) is 47.5 Å². The molecule has 1 aliphatic carbocycles. The predicted molar refractivity (Wildman–Crippen MR) is 118 cm³/mol. The molecule has 0 radical (unpaired) electrons. The van der Waals surface area contributed by atoms with Crippen molar-refractivity contribution in [3.63, 3.8) is 0 Å². The number of halogens is 2. The van der Waals surface area contributed by atoms with Gasteiger partial charge in [-0.05, 0) is 30.5 Å². The third-order valence-electron chi connectivity index (χ3n) is 6.05. The van der Waals surface area contributed by atoms with Gasteiger partial charge in [0.15, 0.2) is 0 Å². The van der Waals surface area contributed by atoms with Gasteiger partial charge in [-0.3, -0.25) is 4.98 Å². The van der Waals surface area contributed by atoms with E-state index in [4.69, 9.17) is 0 Å². The molecule has 1 aromatic carbocycles. The van der Waals surface area contributed by atoms with Crippen molar-refractivity contribution in [3.05, 3.63) is 48.2 Å². The van der Waals surface area contributed by atoms with E-state index in [1.807, 2.05) is 29.0 Å². The van der Waals surface area contributed by atoms with E-state index in [0.29, 0.717) is 22.9 Å². The summed E-state index contributed by atoms with van der Waals surface area (Å²) in [5.74, 6) is 0.681. The summed E-state index contributed by atoms with van der Waals surface area (Å²) < 4.78 is 54.4. The maximum absolute atomic E-state index is 12.8. The van der Waals surface area contributed by atoms with Crippen LogP contribution in [0.1, 0.15) is 31.2 Å². The number of alkyl halides is 2. The lowest BCUT2D eigenvalue weighted by Gasteiger charge is -2.26. The van der Waals surface area contributed by atoms with Gasteiger partial charge in [0.05, 0.1) is 23.0 Å². The highest BCUT2D eigenvalue weighted by atomic mass is 32.2. The largest absolute Gasteiger partial charge is 0.338 e. The van der Waals surface area contributed by atoms with Gasteiger partial charge < -0.3 is 4.57 Å². The summed E-state index contributed by atoms with van der Waals surface area (Å²) in [5, 5.41) is 10.7. The number of nitrogens with one attached hydrogen (secondary N) is 1. The maximum atomic E-state index is 12.8. The topological polar surface area (TPSA) is 87.8 Å². The molecule has 2 heterocycles. The van der Waals surface area contributed by atoms with Crippen molar-refractivity contribution in [2.45, 2.75) is 43.2 Å². The van der Waals surface area contributed by atoms with Crippen LogP contribution >= 0.6 is 0 Å². The lowest BCUT2D eigenvalue weighted by Crippen LogP contribution is -2.37. The van der Waals surface area contributed by atoms with Crippen LogP contribution in [-0.4, -0.2) is 37.4 Å². The zero-order chi connectivity index (χ0) is 22.7. The Kier molecular flexibility index (Phi) is 6.53. The first kappa shape index (κ1) is 22.4. The third-order valence-corrected chi connectivity index (χ3v) is 7.56. The quantitative estimate of drug-likeness (QED) is 0.516. The molecule has 6 nitrogen and oxygen atoms in total.